The molecule has 1 fully saturated rings. The Morgan fingerprint density at radius 1 is 1.67 bits per heavy atom. The van der Waals surface area contributed by atoms with E-state index in [4.69, 9.17) is 4.84 Å². The monoisotopic (exact) mass is 226 g/mol. The van der Waals surface area contributed by atoms with Crippen LogP contribution in [-0.2, 0) is 16.1 Å². The summed E-state index contributed by atoms with van der Waals surface area (Å²) in [4.78, 5) is 21.3. The van der Waals surface area contributed by atoms with Gasteiger partial charge in [-0.1, -0.05) is 0 Å². The molecule has 82 valence electrons. The van der Waals surface area contributed by atoms with Gasteiger partial charge in [-0.3, -0.25) is 9.63 Å². The maximum Gasteiger partial charge on any atom is 0.252 e. The SMILES string of the molecule is Cc1nc(CC(=O)N2CCCCO2)cs1. The van der Waals surface area contributed by atoms with Gasteiger partial charge in [0, 0.05) is 11.9 Å². The van der Waals surface area contributed by atoms with Crippen molar-refractivity contribution in [3.8, 4) is 0 Å². The summed E-state index contributed by atoms with van der Waals surface area (Å²) in [5.41, 5.74) is 0.844. The van der Waals surface area contributed by atoms with Crippen LogP contribution in [0, 0.1) is 6.92 Å². The van der Waals surface area contributed by atoms with Crippen LogP contribution >= 0.6 is 11.3 Å². The van der Waals surface area contributed by atoms with Crippen LogP contribution in [0.25, 0.3) is 0 Å². The lowest BCUT2D eigenvalue weighted by atomic mass is 10.2. The fourth-order valence-electron chi connectivity index (χ4n) is 1.53. The Kier molecular flexibility index (Phi) is 3.33. The molecule has 0 spiro atoms. The summed E-state index contributed by atoms with van der Waals surface area (Å²) in [7, 11) is 0. The molecular weight excluding hydrogens is 212 g/mol. The predicted molar refractivity (Wildman–Crippen MR) is 57.5 cm³/mol. The highest BCUT2D eigenvalue weighted by Crippen LogP contribution is 2.12. The van der Waals surface area contributed by atoms with Gasteiger partial charge in [0.2, 0.25) is 0 Å². The van der Waals surface area contributed by atoms with E-state index in [1.165, 1.54) is 5.06 Å². The van der Waals surface area contributed by atoms with Gasteiger partial charge in [-0.25, -0.2) is 10.0 Å². The van der Waals surface area contributed by atoms with E-state index < -0.39 is 0 Å². The van der Waals surface area contributed by atoms with Gasteiger partial charge in [0.15, 0.2) is 0 Å². The van der Waals surface area contributed by atoms with Gasteiger partial charge in [-0.15, -0.1) is 11.3 Å². The van der Waals surface area contributed by atoms with Gasteiger partial charge in [0.1, 0.15) is 0 Å². The first-order chi connectivity index (χ1) is 7.25. The Hall–Kier alpha value is -0.940. The van der Waals surface area contributed by atoms with Crippen molar-refractivity contribution in [2.24, 2.45) is 0 Å². The molecule has 0 radical (unpaired) electrons. The summed E-state index contributed by atoms with van der Waals surface area (Å²) in [5, 5.41) is 4.40. The molecule has 0 unspecified atom stereocenters. The van der Waals surface area contributed by atoms with Gasteiger partial charge in [-0.05, 0) is 19.8 Å². The molecule has 1 aromatic rings. The molecule has 5 heteroatoms. The second kappa shape index (κ2) is 4.72. The molecule has 1 aromatic heterocycles. The van der Waals surface area contributed by atoms with Crippen molar-refractivity contribution in [3.63, 3.8) is 0 Å². The minimum absolute atomic E-state index is 0.0139. The fourth-order valence-corrected chi connectivity index (χ4v) is 2.14. The molecular formula is C10H14N2O2S. The van der Waals surface area contributed by atoms with E-state index in [1.54, 1.807) is 11.3 Å². The Morgan fingerprint density at radius 2 is 2.53 bits per heavy atom. The number of nitrogens with zero attached hydrogens (tertiary/aromatic N) is 2. The van der Waals surface area contributed by atoms with Gasteiger partial charge in [0.05, 0.1) is 23.7 Å². The quantitative estimate of drug-likeness (QED) is 0.768. The zero-order valence-electron chi connectivity index (χ0n) is 8.73. The lowest BCUT2D eigenvalue weighted by Gasteiger charge is -2.25. The van der Waals surface area contributed by atoms with Crippen LogP contribution in [0.3, 0.4) is 0 Å². The zero-order chi connectivity index (χ0) is 10.7. The molecule has 2 heterocycles. The molecule has 0 aliphatic carbocycles. The standard InChI is InChI=1S/C10H14N2O2S/c1-8-11-9(7-15-8)6-10(13)12-4-2-3-5-14-12/h7H,2-6H2,1H3. The fraction of sp³-hybridized carbons (Fsp3) is 0.600. The number of aromatic nitrogens is 1. The van der Waals surface area contributed by atoms with Gasteiger partial charge < -0.3 is 0 Å². The summed E-state index contributed by atoms with van der Waals surface area (Å²) in [5.74, 6) is 0.0139. The highest BCUT2D eigenvalue weighted by atomic mass is 32.1. The van der Waals surface area contributed by atoms with E-state index in [0.29, 0.717) is 19.6 Å². The third-order valence-electron chi connectivity index (χ3n) is 2.28. The van der Waals surface area contributed by atoms with E-state index in [2.05, 4.69) is 4.98 Å². The number of carbonyl (C=O) groups excluding carboxylic acids is 1. The topological polar surface area (TPSA) is 42.4 Å². The highest BCUT2D eigenvalue weighted by Gasteiger charge is 2.18. The summed E-state index contributed by atoms with van der Waals surface area (Å²) in [6.45, 7) is 3.31. The molecule has 2 rings (SSSR count). The molecule has 0 aromatic carbocycles. The molecule has 4 nitrogen and oxygen atoms in total. The van der Waals surface area contributed by atoms with Crippen LogP contribution in [0.15, 0.2) is 5.38 Å². The van der Waals surface area contributed by atoms with Gasteiger partial charge in [-0.2, -0.15) is 0 Å². The number of hydroxylamine groups is 2. The normalized spacial score (nSPS) is 16.7. The Bertz CT molecular complexity index is 345. The Balaban J connectivity index is 1.91. The summed E-state index contributed by atoms with van der Waals surface area (Å²) < 4.78 is 0. The number of thiazole rings is 1. The van der Waals surface area contributed by atoms with Crippen molar-refractivity contribution in [1.82, 2.24) is 10.0 Å². The maximum absolute atomic E-state index is 11.7. The highest BCUT2D eigenvalue weighted by molar-refractivity contribution is 7.09. The molecule has 1 saturated heterocycles. The Morgan fingerprint density at radius 3 is 3.13 bits per heavy atom. The zero-order valence-corrected chi connectivity index (χ0v) is 9.55. The molecule has 15 heavy (non-hydrogen) atoms. The minimum atomic E-state index is 0.0139. The average molecular weight is 226 g/mol. The third-order valence-corrected chi connectivity index (χ3v) is 3.10. The first-order valence-corrected chi connectivity index (χ1v) is 5.98. The van der Waals surface area contributed by atoms with Gasteiger partial charge in [0.25, 0.3) is 5.91 Å². The summed E-state index contributed by atoms with van der Waals surface area (Å²) in [6.07, 6.45) is 2.42. The number of amides is 1. The number of carbonyl (C=O) groups is 1. The van der Waals surface area contributed by atoms with Crippen LogP contribution in [0.5, 0.6) is 0 Å². The van der Waals surface area contributed by atoms with Crippen LogP contribution in [0.1, 0.15) is 23.5 Å². The number of aryl methyl sites for hydroxylation is 1. The van der Waals surface area contributed by atoms with Crippen LogP contribution in [0.2, 0.25) is 0 Å². The molecule has 1 aliphatic heterocycles. The lowest BCUT2D eigenvalue weighted by Crippen LogP contribution is -2.36. The van der Waals surface area contributed by atoms with E-state index in [9.17, 15) is 4.79 Å². The second-order valence-electron chi connectivity index (χ2n) is 3.57. The molecule has 1 amide bonds. The van der Waals surface area contributed by atoms with Crippen LogP contribution in [-0.4, -0.2) is 29.1 Å². The molecule has 0 N–H and O–H groups in total. The van der Waals surface area contributed by atoms with E-state index in [0.717, 1.165) is 23.5 Å². The third kappa shape index (κ3) is 2.76. The van der Waals surface area contributed by atoms with Gasteiger partial charge >= 0.3 is 0 Å². The number of hydrogen-bond donors (Lipinski definition) is 0. The van der Waals surface area contributed by atoms with Crippen molar-refractivity contribution in [3.05, 3.63) is 16.1 Å². The predicted octanol–water partition coefficient (Wildman–Crippen LogP) is 1.55. The van der Waals surface area contributed by atoms with E-state index >= 15 is 0 Å². The largest absolute Gasteiger partial charge is 0.272 e. The van der Waals surface area contributed by atoms with Crippen LogP contribution < -0.4 is 0 Å². The van der Waals surface area contributed by atoms with E-state index in [1.807, 2.05) is 12.3 Å². The number of hydrogen-bond acceptors (Lipinski definition) is 4. The first kappa shape index (κ1) is 10.6. The van der Waals surface area contributed by atoms with Crippen molar-refractivity contribution in [2.75, 3.05) is 13.2 Å². The summed E-state index contributed by atoms with van der Waals surface area (Å²) >= 11 is 1.57. The minimum Gasteiger partial charge on any atom is -0.272 e. The van der Waals surface area contributed by atoms with Crippen molar-refractivity contribution >= 4 is 17.2 Å². The molecule has 0 atom stereocenters. The number of rotatable bonds is 2. The Labute approximate surface area is 92.8 Å². The molecule has 0 bridgehead atoms. The molecule has 0 saturated carbocycles. The average Bonchev–Trinajstić information content (AvgIpc) is 2.65. The van der Waals surface area contributed by atoms with E-state index in [-0.39, 0.29) is 5.91 Å². The molecule has 1 aliphatic rings. The van der Waals surface area contributed by atoms with Crippen LogP contribution in [0.4, 0.5) is 0 Å². The summed E-state index contributed by atoms with van der Waals surface area (Å²) in [6, 6.07) is 0. The van der Waals surface area contributed by atoms with Crippen molar-refractivity contribution in [1.29, 1.82) is 0 Å². The maximum atomic E-state index is 11.7. The van der Waals surface area contributed by atoms with Crippen molar-refractivity contribution in [2.45, 2.75) is 26.2 Å². The second-order valence-corrected chi connectivity index (χ2v) is 4.63. The van der Waals surface area contributed by atoms with Crippen molar-refractivity contribution < 1.29 is 9.63 Å². The smallest absolute Gasteiger partial charge is 0.252 e. The lowest BCUT2D eigenvalue weighted by molar-refractivity contribution is -0.196. The first-order valence-electron chi connectivity index (χ1n) is 5.10.